The van der Waals surface area contributed by atoms with Gasteiger partial charge in [0.25, 0.3) is 0 Å². The second-order valence-electron chi connectivity index (χ2n) is 7.09. The first-order valence-corrected chi connectivity index (χ1v) is 8.96. The van der Waals surface area contributed by atoms with E-state index in [1.165, 1.54) is 12.1 Å². The van der Waals surface area contributed by atoms with E-state index >= 15 is 0 Å². The highest BCUT2D eigenvalue weighted by atomic mass is 19.1. The summed E-state index contributed by atoms with van der Waals surface area (Å²) in [5, 5.41) is 17.0. The third kappa shape index (κ3) is 2.30. The van der Waals surface area contributed by atoms with Crippen LogP contribution in [0.1, 0.15) is 42.9 Å². The number of fused-ring (bicyclic) bond motifs is 4. The zero-order chi connectivity index (χ0) is 17.7. The van der Waals surface area contributed by atoms with Crippen LogP contribution in [0.25, 0.3) is 0 Å². The molecule has 0 bridgehead atoms. The minimum absolute atomic E-state index is 0.0437. The average Bonchev–Trinajstić information content (AvgIpc) is 3.09. The summed E-state index contributed by atoms with van der Waals surface area (Å²) in [5.41, 5.74) is 2.16. The molecule has 1 aliphatic carbocycles. The van der Waals surface area contributed by atoms with E-state index in [1.54, 1.807) is 18.2 Å². The Hall–Kier alpha value is -2.82. The van der Waals surface area contributed by atoms with Crippen molar-refractivity contribution >= 4 is 5.71 Å². The summed E-state index contributed by atoms with van der Waals surface area (Å²) >= 11 is 0. The van der Waals surface area contributed by atoms with Gasteiger partial charge in [0, 0.05) is 30.9 Å². The minimum atomic E-state index is -0.761. The minimum Gasteiger partial charge on any atom is -0.512 e. The van der Waals surface area contributed by atoms with Gasteiger partial charge in [0.05, 0.1) is 17.5 Å². The molecule has 1 spiro atoms. The molecule has 0 fully saturated rings. The van der Waals surface area contributed by atoms with Crippen LogP contribution in [0.4, 0.5) is 4.39 Å². The molecule has 4 nitrogen and oxygen atoms in total. The maximum atomic E-state index is 13.3. The van der Waals surface area contributed by atoms with E-state index < -0.39 is 5.72 Å². The maximum absolute atomic E-state index is 13.3. The van der Waals surface area contributed by atoms with Crippen LogP contribution in [0.5, 0.6) is 5.75 Å². The van der Waals surface area contributed by atoms with Crippen molar-refractivity contribution in [2.75, 3.05) is 0 Å². The molecular formula is C21H19FN2O2. The normalized spacial score (nSPS) is 26.7. The molecule has 26 heavy (non-hydrogen) atoms. The van der Waals surface area contributed by atoms with Crippen LogP contribution in [-0.2, 0) is 0 Å². The Morgan fingerprint density at radius 2 is 1.96 bits per heavy atom. The first kappa shape index (κ1) is 15.4. The number of halogens is 1. The molecule has 5 rings (SSSR count). The molecule has 0 amide bonds. The van der Waals surface area contributed by atoms with Gasteiger partial charge in [-0.15, -0.1) is 0 Å². The van der Waals surface area contributed by atoms with E-state index in [1.807, 2.05) is 23.2 Å². The van der Waals surface area contributed by atoms with Crippen LogP contribution in [0.15, 0.2) is 65.5 Å². The molecule has 0 aromatic heterocycles. The predicted molar refractivity (Wildman–Crippen MR) is 96.5 cm³/mol. The summed E-state index contributed by atoms with van der Waals surface area (Å²) < 4.78 is 19.7. The van der Waals surface area contributed by atoms with E-state index in [9.17, 15) is 9.50 Å². The molecular weight excluding hydrogens is 331 g/mol. The lowest BCUT2D eigenvalue weighted by atomic mass is 9.90. The first-order chi connectivity index (χ1) is 12.6. The van der Waals surface area contributed by atoms with Gasteiger partial charge in [0.1, 0.15) is 11.6 Å². The molecule has 2 aromatic rings. The zero-order valence-electron chi connectivity index (χ0n) is 14.2. The second-order valence-corrected chi connectivity index (χ2v) is 7.09. The molecule has 2 atom stereocenters. The summed E-state index contributed by atoms with van der Waals surface area (Å²) in [7, 11) is 0. The second kappa shape index (κ2) is 5.59. The van der Waals surface area contributed by atoms with E-state index in [4.69, 9.17) is 9.84 Å². The number of hydrogen-bond acceptors (Lipinski definition) is 4. The number of nitrogens with zero attached hydrogens (tertiary/aromatic N) is 2. The molecule has 2 aliphatic heterocycles. The quantitative estimate of drug-likeness (QED) is 0.811. The first-order valence-electron chi connectivity index (χ1n) is 8.96. The molecule has 0 unspecified atom stereocenters. The number of hydrazone groups is 1. The average molecular weight is 350 g/mol. The maximum Gasteiger partial charge on any atom is 0.220 e. The monoisotopic (exact) mass is 350 g/mol. The lowest BCUT2D eigenvalue weighted by molar-refractivity contribution is -0.0944. The molecule has 1 N–H and O–H groups in total. The van der Waals surface area contributed by atoms with Crippen LogP contribution in [0, 0.1) is 5.82 Å². The molecule has 2 heterocycles. The fourth-order valence-electron chi connectivity index (χ4n) is 4.19. The van der Waals surface area contributed by atoms with Gasteiger partial charge in [-0.2, -0.15) is 5.10 Å². The van der Waals surface area contributed by atoms with Crippen LogP contribution < -0.4 is 4.74 Å². The lowest BCUT2D eigenvalue weighted by Gasteiger charge is -2.47. The number of rotatable bonds is 1. The highest BCUT2D eigenvalue weighted by Crippen LogP contribution is 2.50. The summed E-state index contributed by atoms with van der Waals surface area (Å²) in [6.07, 6.45) is 4.80. The largest absolute Gasteiger partial charge is 0.512 e. The molecule has 0 radical (unpaired) electrons. The van der Waals surface area contributed by atoms with Gasteiger partial charge >= 0.3 is 0 Å². The number of ether oxygens (including phenoxy) is 1. The van der Waals surface area contributed by atoms with Gasteiger partial charge in [-0.1, -0.05) is 30.3 Å². The standard InChI is InChI=1S/C21H19FN2O2/c22-15-9-7-14(8-10-15)18-12-19-17-5-1-2-6-20(17)26-21(24(19)23-18)11-3-4-16(25)13-21/h1-2,5-10,13,19,25H,3-4,11-12H2/t19-,21+/m0/s1. The number of allylic oxidation sites excluding steroid dienone is 1. The lowest BCUT2D eigenvalue weighted by Crippen LogP contribution is -2.53. The Kier molecular flexibility index (Phi) is 3.32. The Morgan fingerprint density at radius 1 is 1.15 bits per heavy atom. The third-order valence-corrected chi connectivity index (χ3v) is 5.40. The number of para-hydroxylation sites is 1. The summed E-state index contributed by atoms with van der Waals surface area (Å²) in [6, 6.07) is 14.5. The van der Waals surface area contributed by atoms with Crippen molar-refractivity contribution in [2.45, 2.75) is 37.5 Å². The van der Waals surface area contributed by atoms with Crippen molar-refractivity contribution in [1.82, 2.24) is 5.01 Å². The molecule has 132 valence electrons. The SMILES string of the molecule is OC1=C[C@@]2(CCC1)Oc1ccccc1[C@@H]1CC(c3ccc(F)cc3)=NN12. The predicted octanol–water partition coefficient (Wildman–Crippen LogP) is 4.69. The van der Waals surface area contributed by atoms with Gasteiger partial charge < -0.3 is 9.84 Å². The molecule has 5 heteroatoms. The van der Waals surface area contributed by atoms with Crippen LogP contribution in [-0.4, -0.2) is 21.6 Å². The number of aliphatic hydroxyl groups excluding tert-OH is 1. The Labute approximate surface area is 151 Å². The van der Waals surface area contributed by atoms with Gasteiger partial charge in [-0.25, -0.2) is 9.40 Å². The van der Waals surface area contributed by atoms with Crippen molar-refractivity contribution in [1.29, 1.82) is 0 Å². The fraction of sp³-hybridized carbons (Fsp3) is 0.286. The summed E-state index contributed by atoms with van der Waals surface area (Å²) in [4.78, 5) is 0. The van der Waals surface area contributed by atoms with Gasteiger partial charge in [0.15, 0.2) is 0 Å². The summed E-state index contributed by atoms with van der Waals surface area (Å²) in [6.45, 7) is 0. The molecule has 2 aromatic carbocycles. The van der Waals surface area contributed by atoms with Crippen LogP contribution in [0.2, 0.25) is 0 Å². The van der Waals surface area contributed by atoms with Gasteiger partial charge in [-0.05, 0) is 30.2 Å². The van der Waals surface area contributed by atoms with Crippen LogP contribution >= 0.6 is 0 Å². The number of aliphatic hydroxyl groups is 1. The highest BCUT2D eigenvalue weighted by Gasteiger charge is 2.50. The van der Waals surface area contributed by atoms with Crippen molar-refractivity contribution in [3.05, 3.63) is 77.3 Å². The van der Waals surface area contributed by atoms with Gasteiger partial charge in [0.2, 0.25) is 5.72 Å². The highest BCUT2D eigenvalue weighted by molar-refractivity contribution is 6.02. The molecule has 0 saturated heterocycles. The van der Waals surface area contributed by atoms with Crippen molar-refractivity contribution in [3.63, 3.8) is 0 Å². The molecule has 3 aliphatic rings. The fourth-order valence-corrected chi connectivity index (χ4v) is 4.19. The number of hydrogen-bond donors (Lipinski definition) is 1. The Bertz CT molecular complexity index is 922. The zero-order valence-corrected chi connectivity index (χ0v) is 14.2. The smallest absolute Gasteiger partial charge is 0.220 e. The van der Waals surface area contributed by atoms with Crippen molar-refractivity contribution < 1.29 is 14.2 Å². The topological polar surface area (TPSA) is 45.1 Å². The van der Waals surface area contributed by atoms with E-state index in [0.717, 1.165) is 41.9 Å². The Morgan fingerprint density at radius 3 is 2.77 bits per heavy atom. The van der Waals surface area contributed by atoms with E-state index in [0.29, 0.717) is 12.2 Å². The third-order valence-electron chi connectivity index (χ3n) is 5.40. The van der Waals surface area contributed by atoms with Gasteiger partial charge in [-0.3, -0.25) is 0 Å². The van der Waals surface area contributed by atoms with Crippen LogP contribution in [0.3, 0.4) is 0 Å². The number of benzene rings is 2. The molecule has 0 saturated carbocycles. The van der Waals surface area contributed by atoms with E-state index in [2.05, 4.69) is 6.07 Å². The van der Waals surface area contributed by atoms with Crippen molar-refractivity contribution in [2.24, 2.45) is 5.10 Å². The summed E-state index contributed by atoms with van der Waals surface area (Å²) in [5.74, 6) is 0.936. The van der Waals surface area contributed by atoms with Crippen molar-refractivity contribution in [3.8, 4) is 5.75 Å². The Balaban J connectivity index is 1.63. The van der Waals surface area contributed by atoms with E-state index in [-0.39, 0.29) is 11.9 Å².